The summed E-state index contributed by atoms with van der Waals surface area (Å²) < 4.78 is 37.3. The summed E-state index contributed by atoms with van der Waals surface area (Å²) in [6, 6.07) is 4.18. The van der Waals surface area contributed by atoms with Gasteiger partial charge in [-0.2, -0.15) is 13.2 Å². The fraction of sp³-hybridized carbons (Fsp3) is 0.500. The van der Waals surface area contributed by atoms with Crippen molar-refractivity contribution in [1.82, 2.24) is 5.32 Å². The largest absolute Gasteiger partial charge is 0.416 e. The fourth-order valence-corrected chi connectivity index (χ4v) is 2.18. The number of benzene rings is 1. The van der Waals surface area contributed by atoms with Crippen LogP contribution in [0.3, 0.4) is 0 Å². The van der Waals surface area contributed by atoms with Crippen LogP contribution in [0, 0.1) is 5.92 Å². The van der Waals surface area contributed by atoms with Crippen molar-refractivity contribution in [1.29, 1.82) is 0 Å². The third-order valence-electron chi connectivity index (χ3n) is 3.78. The standard InChI is InChI=1S/C14H17F3N2O.ClH/c1-13(8-18,10-6-7-10)19-12(20)9-2-4-11(5-3-9)14(15,16)17;/h2-5,10H,6-8,18H2,1H3,(H,19,20);1H. The molecule has 1 atom stereocenters. The van der Waals surface area contributed by atoms with Gasteiger partial charge in [0.05, 0.1) is 11.1 Å². The Hall–Kier alpha value is -1.27. The molecule has 1 fully saturated rings. The van der Waals surface area contributed by atoms with Gasteiger partial charge >= 0.3 is 6.18 Å². The Bertz CT molecular complexity index is 500. The number of hydrogen-bond donors (Lipinski definition) is 2. The zero-order valence-corrected chi connectivity index (χ0v) is 12.4. The van der Waals surface area contributed by atoms with Gasteiger partial charge in [0.1, 0.15) is 0 Å². The van der Waals surface area contributed by atoms with E-state index in [0.717, 1.165) is 25.0 Å². The molecule has 1 aromatic carbocycles. The van der Waals surface area contributed by atoms with Crippen molar-refractivity contribution < 1.29 is 18.0 Å². The molecule has 3 N–H and O–H groups in total. The molecular weight excluding hydrogens is 305 g/mol. The van der Waals surface area contributed by atoms with Crippen LogP contribution in [0.25, 0.3) is 0 Å². The highest BCUT2D eigenvalue weighted by Gasteiger charge is 2.41. The zero-order valence-electron chi connectivity index (χ0n) is 11.5. The number of alkyl halides is 3. The molecule has 1 aliphatic carbocycles. The van der Waals surface area contributed by atoms with E-state index in [4.69, 9.17) is 5.73 Å². The Kier molecular flexibility index (Phi) is 5.28. The van der Waals surface area contributed by atoms with Gasteiger partial charge in [0.15, 0.2) is 0 Å². The zero-order chi connectivity index (χ0) is 15.0. The highest BCUT2D eigenvalue weighted by atomic mass is 35.5. The lowest BCUT2D eigenvalue weighted by molar-refractivity contribution is -0.137. The van der Waals surface area contributed by atoms with E-state index in [1.165, 1.54) is 12.1 Å². The minimum Gasteiger partial charge on any atom is -0.345 e. The fourth-order valence-electron chi connectivity index (χ4n) is 2.18. The summed E-state index contributed by atoms with van der Waals surface area (Å²) in [5.74, 6) is -0.0375. The number of nitrogens with one attached hydrogen (secondary N) is 1. The highest BCUT2D eigenvalue weighted by molar-refractivity contribution is 5.94. The Balaban J connectivity index is 0.00000220. The maximum atomic E-state index is 12.4. The van der Waals surface area contributed by atoms with Gasteiger partial charge in [0, 0.05) is 12.1 Å². The average molecular weight is 323 g/mol. The van der Waals surface area contributed by atoms with Crippen molar-refractivity contribution in [3.8, 4) is 0 Å². The number of amides is 1. The topological polar surface area (TPSA) is 55.1 Å². The van der Waals surface area contributed by atoms with Gasteiger partial charge in [0.25, 0.3) is 5.91 Å². The second-order valence-corrected chi connectivity index (χ2v) is 5.43. The molecule has 0 spiro atoms. The predicted octanol–water partition coefficient (Wildman–Crippen LogP) is 2.98. The first-order valence-electron chi connectivity index (χ1n) is 6.46. The Labute approximate surface area is 127 Å². The Morgan fingerprint density at radius 2 is 1.81 bits per heavy atom. The molecule has 7 heteroatoms. The Morgan fingerprint density at radius 3 is 2.19 bits per heavy atom. The van der Waals surface area contributed by atoms with Crippen molar-refractivity contribution in [2.75, 3.05) is 6.54 Å². The maximum absolute atomic E-state index is 12.4. The summed E-state index contributed by atoms with van der Waals surface area (Å²) in [6.45, 7) is 2.18. The molecule has 21 heavy (non-hydrogen) atoms. The van der Waals surface area contributed by atoms with Gasteiger partial charge in [-0.15, -0.1) is 12.4 Å². The van der Waals surface area contributed by atoms with E-state index in [1.54, 1.807) is 0 Å². The minimum absolute atomic E-state index is 0. The molecular formula is C14H18ClF3N2O. The molecule has 0 aromatic heterocycles. The van der Waals surface area contributed by atoms with E-state index in [1.807, 2.05) is 6.92 Å². The van der Waals surface area contributed by atoms with E-state index in [9.17, 15) is 18.0 Å². The molecule has 0 aliphatic heterocycles. The number of carbonyl (C=O) groups is 1. The lowest BCUT2D eigenvalue weighted by atomic mass is 9.95. The first-order chi connectivity index (χ1) is 9.26. The van der Waals surface area contributed by atoms with Crippen molar-refractivity contribution >= 4 is 18.3 Å². The first kappa shape index (κ1) is 17.8. The van der Waals surface area contributed by atoms with Crippen molar-refractivity contribution in [3.63, 3.8) is 0 Å². The molecule has 0 radical (unpaired) electrons. The van der Waals surface area contributed by atoms with Crippen molar-refractivity contribution in [2.45, 2.75) is 31.5 Å². The van der Waals surface area contributed by atoms with Gasteiger partial charge < -0.3 is 11.1 Å². The van der Waals surface area contributed by atoms with Crippen LogP contribution in [0.1, 0.15) is 35.7 Å². The van der Waals surface area contributed by atoms with E-state index in [0.29, 0.717) is 12.5 Å². The second-order valence-electron chi connectivity index (χ2n) is 5.43. The van der Waals surface area contributed by atoms with E-state index in [2.05, 4.69) is 5.32 Å². The monoisotopic (exact) mass is 322 g/mol. The molecule has 3 nitrogen and oxygen atoms in total. The second kappa shape index (κ2) is 6.23. The maximum Gasteiger partial charge on any atom is 0.416 e. The van der Waals surface area contributed by atoms with Crippen LogP contribution >= 0.6 is 12.4 Å². The first-order valence-corrected chi connectivity index (χ1v) is 6.46. The van der Waals surface area contributed by atoms with Crippen molar-refractivity contribution in [2.24, 2.45) is 11.7 Å². The number of hydrogen-bond acceptors (Lipinski definition) is 2. The quantitative estimate of drug-likeness (QED) is 0.895. The van der Waals surface area contributed by atoms with Crippen LogP contribution in [0.15, 0.2) is 24.3 Å². The van der Waals surface area contributed by atoms with Gasteiger partial charge in [0.2, 0.25) is 0 Å². The van der Waals surface area contributed by atoms with Gasteiger partial charge in [-0.05, 0) is 49.9 Å². The molecule has 2 rings (SSSR count). The van der Waals surface area contributed by atoms with Crippen LogP contribution in [0.5, 0.6) is 0 Å². The number of carbonyl (C=O) groups excluding carboxylic acids is 1. The molecule has 1 aliphatic rings. The lowest BCUT2D eigenvalue weighted by Crippen LogP contribution is -2.53. The van der Waals surface area contributed by atoms with Gasteiger partial charge in [-0.25, -0.2) is 0 Å². The smallest absolute Gasteiger partial charge is 0.345 e. The van der Waals surface area contributed by atoms with E-state index >= 15 is 0 Å². The van der Waals surface area contributed by atoms with Gasteiger partial charge in [-0.3, -0.25) is 4.79 Å². The van der Waals surface area contributed by atoms with Crippen molar-refractivity contribution in [3.05, 3.63) is 35.4 Å². The van der Waals surface area contributed by atoms with Crippen LogP contribution < -0.4 is 11.1 Å². The van der Waals surface area contributed by atoms with E-state index < -0.39 is 23.2 Å². The van der Waals surface area contributed by atoms with Crippen LogP contribution in [-0.4, -0.2) is 18.0 Å². The molecule has 1 saturated carbocycles. The third-order valence-corrected chi connectivity index (χ3v) is 3.78. The number of rotatable bonds is 4. The minimum atomic E-state index is -4.39. The Morgan fingerprint density at radius 1 is 1.29 bits per heavy atom. The normalized spacial score (nSPS) is 17.6. The predicted molar refractivity (Wildman–Crippen MR) is 76.3 cm³/mol. The summed E-state index contributed by atoms with van der Waals surface area (Å²) in [5.41, 5.74) is 4.65. The molecule has 118 valence electrons. The number of nitrogens with two attached hydrogens (primary N) is 1. The average Bonchev–Trinajstić information content (AvgIpc) is 3.22. The third kappa shape index (κ3) is 4.11. The molecule has 0 bridgehead atoms. The SMILES string of the molecule is CC(CN)(NC(=O)c1ccc(C(F)(F)F)cc1)C1CC1.Cl. The molecule has 1 amide bonds. The van der Waals surface area contributed by atoms with Gasteiger partial charge in [-0.1, -0.05) is 0 Å². The highest BCUT2D eigenvalue weighted by Crippen LogP contribution is 2.39. The van der Waals surface area contributed by atoms with E-state index in [-0.39, 0.29) is 18.0 Å². The van der Waals surface area contributed by atoms with Crippen LogP contribution in [-0.2, 0) is 6.18 Å². The molecule has 0 saturated heterocycles. The molecule has 1 unspecified atom stereocenters. The summed E-state index contributed by atoms with van der Waals surface area (Å²) in [4.78, 5) is 12.1. The van der Waals surface area contributed by atoms with Crippen LogP contribution in [0.4, 0.5) is 13.2 Å². The lowest BCUT2D eigenvalue weighted by Gasteiger charge is -2.29. The summed E-state index contributed by atoms with van der Waals surface area (Å²) >= 11 is 0. The number of halogens is 4. The summed E-state index contributed by atoms with van der Waals surface area (Å²) in [5, 5.41) is 2.83. The van der Waals surface area contributed by atoms with Crippen LogP contribution in [0.2, 0.25) is 0 Å². The summed E-state index contributed by atoms with van der Waals surface area (Å²) in [6.07, 6.45) is -2.36. The molecule has 1 aromatic rings. The molecule has 0 heterocycles. The summed E-state index contributed by atoms with van der Waals surface area (Å²) in [7, 11) is 0.